The summed E-state index contributed by atoms with van der Waals surface area (Å²) in [5.74, 6) is -0.274. The lowest BCUT2D eigenvalue weighted by atomic mass is 10.0. The molecule has 1 aromatic carbocycles. The maximum atomic E-state index is 12.2. The molecule has 1 N–H and O–H groups in total. The van der Waals surface area contributed by atoms with Gasteiger partial charge in [-0.1, -0.05) is 71.6 Å². The number of hydrogen-bond donors (Lipinski definition) is 1. The van der Waals surface area contributed by atoms with Crippen LogP contribution >= 0.6 is 0 Å². The zero-order valence-corrected chi connectivity index (χ0v) is 17.8. The quantitative estimate of drug-likeness (QED) is 0.234. The van der Waals surface area contributed by atoms with E-state index in [1.807, 2.05) is 0 Å². The monoisotopic (exact) mass is 390 g/mol. The molecule has 0 spiro atoms. The van der Waals surface area contributed by atoms with Crippen LogP contribution in [0.2, 0.25) is 0 Å². The Balaban J connectivity index is 2.40. The van der Waals surface area contributed by atoms with Crippen molar-refractivity contribution in [2.24, 2.45) is 0 Å². The number of hydrogen-bond acceptors (Lipinski definition) is 3. The SMILES string of the molecule is CCCCCCCC[C@H](Oc1ccc(C(=O)CCCCCCC)cc1)C(=O)O. The van der Waals surface area contributed by atoms with E-state index in [0.29, 0.717) is 24.2 Å². The first-order valence-electron chi connectivity index (χ1n) is 11.1. The molecule has 158 valence electrons. The van der Waals surface area contributed by atoms with E-state index in [9.17, 15) is 14.7 Å². The molecule has 0 saturated heterocycles. The van der Waals surface area contributed by atoms with Crippen molar-refractivity contribution in [2.75, 3.05) is 0 Å². The standard InChI is InChI=1S/C24H38O4/c1-3-5-7-9-11-13-15-23(24(26)27)28-21-18-16-20(17-19-21)22(25)14-12-10-8-6-4-2/h16-19,23H,3-15H2,1-2H3,(H,26,27)/t23-/m0/s1. The van der Waals surface area contributed by atoms with Gasteiger partial charge >= 0.3 is 5.97 Å². The molecule has 0 fully saturated rings. The van der Waals surface area contributed by atoms with Crippen molar-refractivity contribution < 1.29 is 19.4 Å². The van der Waals surface area contributed by atoms with Gasteiger partial charge in [0, 0.05) is 12.0 Å². The number of aliphatic carboxylic acids is 1. The van der Waals surface area contributed by atoms with E-state index >= 15 is 0 Å². The molecule has 0 aromatic heterocycles. The van der Waals surface area contributed by atoms with Crippen LogP contribution in [-0.4, -0.2) is 23.0 Å². The van der Waals surface area contributed by atoms with E-state index < -0.39 is 12.1 Å². The number of ketones is 1. The Kier molecular flexibility index (Phi) is 13.1. The highest BCUT2D eigenvalue weighted by atomic mass is 16.5. The third-order valence-electron chi connectivity index (χ3n) is 5.06. The van der Waals surface area contributed by atoms with Crippen molar-refractivity contribution in [1.82, 2.24) is 0 Å². The van der Waals surface area contributed by atoms with Gasteiger partial charge in [-0.25, -0.2) is 4.79 Å². The van der Waals surface area contributed by atoms with E-state index in [4.69, 9.17) is 4.74 Å². The molecule has 0 bridgehead atoms. The van der Waals surface area contributed by atoms with E-state index in [1.54, 1.807) is 24.3 Å². The van der Waals surface area contributed by atoms with Crippen LogP contribution in [0.4, 0.5) is 0 Å². The van der Waals surface area contributed by atoms with Gasteiger partial charge in [-0.2, -0.15) is 0 Å². The average Bonchev–Trinajstić information content (AvgIpc) is 2.69. The summed E-state index contributed by atoms with van der Waals surface area (Å²) in [5, 5.41) is 9.40. The van der Waals surface area contributed by atoms with Gasteiger partial charge in [0.2, 0.25) is 0 Å². The van der Waals surface area contributed by atoms with Crippen LogP contribution in [0.25, 0.3) is 0 Å². The van der Waals surface area contributed by atoms with Crippen LogP contribution in [0.15, 0.2) is 24.3 Å². The topological polar surface area (TPSA) is 63.6 Å². The maximum absolute atomic E-state index is 12.2. The molecule has 0 heterocycles. The molecule has 0 unspecified atom stereocenters. The number of ether oxygens (including phenoxy) is 1. The zero-order valence-electron chi connectivity index (χ0n) is 17.8. The summed E-state index contributed by atoms with van der Waals surface area (Å²) in [4.78, 5) is 23.7. The van der Waals surface area contributed by atoms with Crippen molar-refractivity contribution in [2.45, 2.75) is 103 Å². The Morgan fingerprint density at radius 2 is 1.36 bits per heavy atom. The smallest absolute Gasteiger partial charge is 0.344 e. The number of carboxylic acid groups (broad SMARTS) is 1. The molecule has 1 rings (SSSR count). The summed E-state index contributed by atoms with van der Waals surface area (Å²) in [6.07, 6.45) is 12.6. The highest BCUT2D eigenvalue weighted by molar-refractivity contribution is 5.96. The third kappa shape index (κ3) is 10.5. The lowest BCUT2D eigenvalue weighted by molar-refractivity contribution is -0.145. The van der Waals surface area contributed by atoms with Crippen molar-refractivity contribution >= 4 is 11.8 Å². The highest BCUT2D eigenvalue weighted by Gasteiger charge is 2.19. The second-order valence-electron chi connectivity index (χ2n) is 7.61. The lowest BCUT2D eigenvalue weighted by Crippen LogP contribution is -2.26. The van der Waals surface area contributed by atoms with Gasteiger partial charge < -0.3 is 9.84 Å². The minimum absolute atomic E-state index is 0.143. The Bertz CT molecular complexity index is 550. The molecular formula is C24H38O4. The fraction of sp³-hybridized carbons (Fsp3) is 0.667. The zero-order chi connectivity index (χ0) is 20.6. The van der Waals surface area contributed by atoms with Crippen LogP contribution in [0.5, 0.6) is 5.75 Å². The van der Waals surface area contributed by atoms with Gasteiger partial charge in [-0.15, -0.1) is 0 Å². The summed E-state index contributed by atoms with van der Waals surface area (Å²) in [6.45, 7) is 4.36. The summed E-state index contributed by atoms with van der Waals surface area (Å²) in [5.41, 5.74) is 0.672. The maximum Gasteiger partial charge on any atom is 0.344 e. The van der Waals surface area contributed by atoms with Gasteiger partial charge in [-0.3, -0.25) is 4.79 Å². The van der Waals surface area contributed by atoms with E-state index in [2.05, 4.69) is 13.8 Å². The van der Waals surface area contributed by atoms with Crippen LogP contribution in [-0.2, 0) is 4.79 Å². The molecule has 0 aliphatic carbocycles. The summed E-state index contributed by atoms with van der Waals surface area (Å²) < 4.78 is 5.65. The summed E-state index contributed by atoms with van der Waals surface area (Å²) in [6, 6.07) is 6.91. The van der Waals surface area contributed by atoms with Crippen molar-refractivity contribution in [3.8, 4) is 5.75 Å². The Morgan fingerprint density at radius 3 is 1.93 bits per heavy atom. The van der Waals surface area contributed by atoms with Crippen molar-refractivity contribution in [1.29, 1.82) is 0 Å². The highest BCUT2D eigenvalue weighted by Crippen LogP contribution is 2.19. The molecule has 1 atom stereocenters. The molecule has 0 saturated carbocycles. The average molecular weight is 391 g/mol. The number of carbonyl (C=O) groups is 2. The molecule has 0 aliphatic heterocycles. The molecule has 0 amide bonds. The minimum atomic E-state index is -0.930. The van der Waals surface area contributed by atoms with Gasteiger partial charge in [-0.05, 0) is 43.5 Å². The van der Waals surface area contributed by atoms with E-state index in [0.717, 1.165) is 32.1 Å². The Hall–Kier alpha value is -1.84. The second kappa shape index (κ2) is 15.1. The second-order valence-corrected chi connectivity index (χ2v) is 7.61. The van der Waals surface area contributed by atoms with E-state index in [1.165, 1.54) is 38.5 Å². The first-order chi connectivity index (χ1) is 13.6. The first kappa shape index (κ1) is 24.2. The molecule has 4 heteroatoms. The number of benzene rings is 1. The van der Waals surface area contributed by atoms with Gasteiger partial charge in [0.15, 0.2) is 11.9 Å². The van der Waals surface area contributed by atoms with E-state index in [-0.39, 0.29) is 5.78 Å². The van der Waals surface area contributed by atoms with Crippen LogP contribution in [0.1, 0.15) is 108 Å². The summed E-state index contributed by atoms with van der Waals surface area (Å²) >= 11 is 0. The third-order valence-corrected chi connectivity index (χ3v) is 5.06. The predicted molar refractivity (Wildman–Crippen MR) is 114 cm³/mol. The van der Waals surface area contributed by atoms with Gasteiger partial charge in [0.1, 0.15) is 5.75 Å². The summed E-state index contributed by atoms with van der Waals surface area (Å²) in [7, 11) is 0. The Morgan fingerprint density at radius 1 is 0.821 bits per heavy atom. The van der Waals surface area contributed by atoms with Gasteiger partial charge in [0.25, 0.3) is 0 Å². The minimum Gasteiger partial charge on any atom is -0.479 e. The lowest BCUT2D eigenvalue weighted by Gasteiger charge is -2.15. The predicted octanol–water partition coefficient (Wildman–Crippen LogP) is 6.81. The molecule has 0 radical (unpaired) electrons. The fourth-order valence-electron chi connectivity index (χ4n) is 3.26. The normalized spacial score (nSPS) is 11.9. The number of rotatable bonds is 17. The number of unbranched alkanes of at least 4 members (excludes halogenated alkanes) is 9. The number of carboxylic acids is 1. The largest absolute Gasteiger partial charge is 0.479 e. The Labute approximate surface area is 170 Å². The molecule has 28 heavy (non-hydrogen) atoms. The van der Waals surface area contributed by atoms with Crippen molar-refractivity contribution in [3.63, 3.8) is 0 Å². The molecule has 1 aromatic rings. The molecule has 4 nitrogen and oxygen atoms in total. The molecular weight excluding hydrogens is 352 g/mol. The van der Waals surface area contributed by atoms with Crippen molar-refractivity contribution in [3.05, 3.63) is 29.8 Å². The number of Topliss-reactive ketones (excluding diaryl/α,β-unsaturated/α-hetero) is 1. The van der Waals surface area contributed by atoms with Crippen LogP contribution in [0, 0.1) is 0 Å². The van der Waals surface area contributed by atoms with Crippen LogP contribution in [0.3, 0.4) is 0 Å². The van der Waals surface area contributed by atoms with Crippen LogP contribution < -0.4 is 4.74 Å². The fourth-order valence-corrected chi connectivity index (χ4v) is 3.26. The molecule has 0 aliphatic rings. The van der Waals surface area contributed by atoms with Gasteiger partial charge in [0.05, 0.1) is 0 Å². The first-order valence-corrected chi connectivity index (χ1v) is 11.1. The number of carbonyl (C=O) groups excluding carboxylic acids is 1.